The van der Waals surface area contributed by atoms with Gasteiger partial charge in [-0.05, 0) is 30.2 Å². The first-order chi connectivity index (χ1) is 9.28. The van der Waals surface area contributed by atoms with Crippen LogP contribution in [0.3, 0.4) is 0 Å². The molecular weight excluding hydrogens is 358 g/mol. The normalized spacial score (nSPS) is 12.1. The standard InChI is InChI=1S/C14H22BrNO2S2/c1-11(2)9-16-10-12-4-5-13(8-14(12)15)19-6-7-20(3,17)18/h4-5,8,11,16H,6-7,9-10H2,1-3H3. The summed E-state index contributed by atoms with van der Waals surface area (Å²) in [6.07, 6.45) is 1.27. The number of rotatable bonds is 8. The maximum atomic E-state index is 11.1. The lowest BCUT2D eigenvalue weighted by atomic mass is 10.2. The Kier molecular flexibility index (Phi) is 7.58. The summed E-state index contributed by atoms with van der Waals surface area (Å²) in [6.45, 7) is 6.21. The van der Waals surface area contributed by atoms with E-state index in [0.717, 1.165) is 22.5 Å². The maximum absolute atomic E-state index is 11.1. The zero-order valence-corrected chi connectivity index (χ0v) is 15.4. The Morgan fingerprint density at radius 1 is 1.35 bits per heavy atom. The van der Waals surface area contributed by atoms with E-state index in [1.807, 2.05) is 6.07 Å². The highest BCUT2D eigenvalue weighted by molar-refractivity contribution is 9.10. The number of halogens is 1. The Hall–Kier alpha value is -0.0400. The van der Waals surface area contributed by atoms with Crippen LogP contribution in [0.1, 0.15) is 19.4 Å². The van der Waals surface area contributed by atoms with E-state index in [4.69, 9.17) is 0 Å². The average Bonchev–Trinajstić information content (AvgIpc) is 2.30. The van der Waals surface area contributed by atoms with Crippen LogP contribution >= 0.6 is 27.7 Å². The van der Waals surface area contributed by atoms with Crippen LogP contribution in [0.2, 0.25) is 0 Å². The van der Waals surface area contributed by atoms with Crippen LogP contribution in [0.5, 0.6) is 0 Å². The molecule has 0 radical (unpaired) electrons. The summed E-state index contributed by atoms with van der Waals surface area (Å²) in [4.78, 5) is 1.09. The zero-order chi connectivity index (χ0) is 15.2. The predicted octanol–water partition coefficient (Wildman–Crippen LogP) is 3.33. The van der Waals surface area contributed by atoms with Gasteiger partial charge in [-0.2, -0.15) is 0 Å². The van der Waals surface area contributed by atoms with Gasteiger partial charge >= 0.3 is 0 Å². The van der Waals surface area contributed by atoms with E-state index in [0.29, 0.717) is 11.7 Å². The first-order valence-electron chi connectivity index (χ1n) is 6.57. The number of thioether (sulfide) groups is 1. The summed E-state index contributed by atoms with van der Waals surface area (Å²) in [6, 6.07) is 6.18. The summed E-state index contributed by atoms with van der Waals surface area (Å²) >= 11 is 5.14. The summed E-state index contributed by atoms with van der Waals surface area (Å²) in [5, 5.41) is 3.41. The fourth-order valence-electron chi connectivity index (χ4n) is 1.57. The highest BCUT2D eigenvalue weighted by Gasteiger charge is 2.05. The van der Waals surface area contributed by atoms with E-state index < -0.39 is 9.84 Å². The van der Waals surface area contributed by atoms with Crippen molar-refractivity contribution in [1.29, 1.82) is 0 Å². The summed E-state index contributed by atoms with van der Waals surface area (Å²) < 4.78 is 23.2. The molecule has 1 rings (SSSR count). The number of hydrogen-bond donors (Lipinski definition) is 1. The Bertz CT molecular complexity index is 530. The molecule has 20 heavy (non-hydrogen) atoms. The molecule has 114 valence electrons. The molecule has 0 atom stereocenters. The van der Waals surface area contributed by atoms with E-state index in [9.17, 15) is 8.42 Å². The van der Waals surface area contributed by atoms with Gasteiger partial charge in [0.05, 0.1) is 5.75 Å². The molecule has 0 unspecified atom stereocenters. The zero-order valence-electron chi connectivity index (χ0n) is 12.1. The van der Waals surface area contributed by atoms with Gasteiger partial charge in [-0.1, -0.05) is 35.8 Å². The second-order valence-corrected chi connectivity index (χ2v) is 9.54. The quantitative estimate of drug-likeness (QED) is 0.703. The SMILES string of the molecule is CC(C)CNCc1ccc(SCCS(C)(=O)=O)cc1Br. The van der Waals surface area contributed by atoms with Crippen molar-refractivity contribution in [2.45, 2.75) is 25.3 Å². The fraction of sp³-hybridized carbons (Fsp3) is 0.571. The minimum absolute atomic E-state index is 0.215. The molecule has 0 aliphatic carbocycles. The van der Waals surface area contributed by atoms with Crippen molar-refractivity contribution in [3.63, 3.8) is 0 Å². The molecule has 0 heterocycles. The van der Waals surface area contributed by atoms with E-state index >= 15 is 0 Å². The molecule has 0 fully saturated rings. The van der Waals surface area contributed by atoms with Crippen LogP contribution < -0.4 is 5.32 Å². The molecule has 6 heteroatoms. The van der Waals surface area contributed by atoms with Crippen molar-refractivity contribution >= 4 is 37.5 Å². The van der Waals surface area contributed by atoms with Crippen molar-refractivity contribution in [3.8, 4) is 0 Å². The molecule has 0 aliphatic rings. The fourth-order valence-corrected chi connectivity index (χ4v) is 4.38. The van der Waals surface area contributed by atoms with Gasteiger partial charge < -0.3 is 5.32 Å². The Morgan fingerprint density at radius 2 is 2.05 bits per heavy atom. The third-order valence-corrected chi connectivity index (χ3v) is 5.55. The molecule has 1 aromatic carbocycles. The van der Waals surface area contributed by atoms with E-state index in [-0.39, 0.29) is 5.75 Å². The molecule has 1 N–H and O–H groups in total. The highest BCUT2D eigenvalue weighted by Crippen LogP contribution is 2.25. The predicted molar refractivity (Wildman–Crippen MR) is 91.1 cm³/mol. The van der Waals surface area contributed by atoms with Gasteiger partial charge in [0, 0.05) is 27.9 Å². The smallest absolute Gasteiger partial charge is 0.148 e. The van der Waals surface area contributed by atoms with Gasteiger partial charge in [0.15, 0.2) is 0 Å². The first kappa shape index (κ1) is 18.0. The summed E-state index contributed by atoms with van der Waals surface area (Å²) in [5.74, 6) is 1.45. The molecule has 0 bridgehead atoms. The minimum atomic E-state index is -2.88. The highest BCUT2D eigenvalue weighted by atomic mass is 79.9. The molecule has 0 saturated carbocycles. The van der Waals surface area contributed by atoms with Crippen molar-refractivity contribution in [2.24, 2.45) is 5.92 Å². The van der Waals surface area contributed by atoms with E-state index in [1.165, 1.54) is 11.8 Å². The van der Waals surface area contributed by atoms with Crippen LogP contribution in [0.15, 0.2) is 27.6 Å². The number of hydrogen-bond acceptors (Lipinski definition) is 4. The first-order valence-corrected chi connectivity index (χ1v) is 10.4. The molecule has 0 spiro atoms. The van der Waals surface area contributed by atoms with E-state index in [1.54, 1.807) is 11.8 Å². The van der Waals surface area contributed by atoms with E-state index in [2.05, 4.69) is 47.2 Å². The second-order valence-electron chi connectivity index (χ2n) is 5.26. The molecular formula is C14H22BrNO2S2. The third-order valence-electron chi connectivity index (χ3n) is 2.62. The monoisotopic (exact) mass is 379 g/mol. The molecule has 0 amide bonds. The molecule has 0 saturated heterocycles. The number of nitrogens with one attached hydrogen (secondary N) is 1. The largest absolute Gasteiger partial charge is 0.312 e. The lowest BCUT2D eigenvalue weighted by molar-refractivity contribution is 0.551. The Balaban J connectivity index is 2.50. The molecule has 0 aliphatic heterocycles. The van der Waals surface area contributed by atoms with Crippen LogP contribution in [0.4, 0.5) is 0 Å². The van der Waals surface area contributed by atoms with Crippen LogP contribution in [-0.2, 0) is 16.4 Å². The van der Waals surface area contributed by atoms with Gasteiger partial charge in [0.1, 0.15) is 9.84 Å². The second kappa shape index (κ2) is 8.41. The minimum Gasteiger partial charge on any atom is -0.312 e. The summed E-state index contributed by atoms with van der Waals surface area (Å²) in [7, 11) is -2.88. The maximum Gasteiger partial charge on any atom is 0.148 e. The van der Waals surface area contributed by atoms with Crippen molar-refractivity contribution < 1.29 is 8.42 Å². The van der Waals surface area contributed by atoms with Crippen molar-refractivity contribution in [3.05, 3.63) is 28.2 Å². The molecule has 0 aromatic heterocycles. The van der Waals surface area contributed by atoms with Crippen LogP contribution in [0, 0.1) is 5.92 Å². The number of benzene rings is 1. The third kappa shape index (κ3) is 7.67. The molecule has 1 aromatic rings. The lowest BCUT2D eigenvalue weighted by Crippen LogP contribution is -2.19. The van der Waals surface area contributed by atoms with Gasteiger partial charge in [0.25, 0.3) is 0 Å². The van der Waals surface area contributed by atoms with Crippen LogP contribution in [0.25, 0.3) is 0 Å². The summed E-state index contributed by atoms with van der Waals surface area (Å²) in [5.41, 5.74) is 1.22. The average molecular weight is 380 g/mol. The van der Waals surface area contributed by atoms with Crippen molar-refractivity contribution in [2.75, 3.05) is 24.3 Å². The van der Waals surface area contributed by atoms with Gasteiger partial charge in [-0.25, -0.2) is 8.42 Å². The Labute approximate surface area is 135 Å². The van der Waals surface area contributed by atoms with Gasteiger partial charge in [-0.15, -0.1) is 11.8 Å². The topological polar surface area (TPSA) is 46.2 Å². The van der Waals surface area contributed by atoms with Crippen molar-refractivity contribution in [1.82, 2.24) is 5.32 Å². The number of sulfone groups is 1. The van der Waals surface area contributed by atoms with Crippen LogP contribution in [-0.4, -0.2) is 32.7 Å². The molecule has 3 nitrogen and oxygen atoms in total. The van der Waals surface area contributed by atoms with Gasteiger partial charge in [0.2, 0.25) is 0 Å². The van der Waals surface area contributed by atoms with Gasteiger partial charge in [-0.3, -0.25) is 0 Å². The lowest BCUT2D eigenvalue weighted by Gasteiger charge is -2.10. The Morgan fingerprint density at radius 3 is 2.60 bits per heavy atom.